The zero-order valence-electron chi connectivity index (χ0n) is 15.4. The molecule has 3 aromatic carbocycles. The minimum absolute atomic E-state index is 0.112. The molecule has 4 nitrogen and oxygen atoms in total. The summed E-state index contributed by atoms with van der Waals surface area (Å²) in [6.45, 7) is 1.37. The summed E-state index contributed by atoms with van der Waals surface area (Å²) in [5.74, 6) is -0.901. The lowest BCUT2D eigenvalue weighted by Crippen LogP contribution is -2.27. The minimum atomic E-state index is -0.574. The van der Waals surface area contributed by atoms with Crippen LogP contribution < -0.4 is 5.32 Å². The predicted octanol–water partition coefficient (Wildman–Crippen LogP) is 4.48. The van der Waals surface area contributed by atoms with E-state index in [-0.39, 0.29) is 11.6 Å². The number of rotatable bonds is 4. The normalized spacial score (nSPS) is 12.8. The summed E-state index contributed by atoms with van der Waals surface area (Å²) in [4.78, 5) is 24.6. The monoisotopic (exact) mass is 369 g/mol. The fraction of sp³-hybridized carbons (Fsp3) is 0.0833. The van der Waals surface area contributed by atoms with Gasteiger partial charge in [0, 0.05) is 18.1 Å². The Morgan fingerprint density at radius 3 is 1.93 bits per heavy atom. The number of hydrogen-bond donors (Lipinski definition) is 1. The highest BCUT2D eigenvalue weighted by atomic mass is 16.5. The van der Waals surface area contributed by atoms with Crippen molar-refractivity contribution in [2.45, 2.75) is 13.0 Å². The molecule has 0 fully saturated rings. The Labute approximate surface area is 163 Å². The van der Waals surface area contributed by atoms with E-state index < -0.39 is 12.1 Å². The van der Waals surface area contributed by atoms with Gasteiger partial charge in [-0.25, -0.2) is 4.79 Å². The molecule has 28 heavy (non-hydrogen) atoms. The van der Waals surface area contributed by atoms with E-state index in [1.807, 2.05) is 78.9 Å². The highest BCUT2D eigenvalue weighted by molar-refractivity contribution is 5.98. The molecular formula is C24H19NO3. The molecule has 0 unspecified atom stereocenters. The summed E-state index contributed by atoms with van der Waals surface area (Å²) in [5.41, 5.74) is 4.92. The Morgan fingerprint density at radius 2 is 1.36 bits per heavy atom. The van der Waals surface area contributed by atoms with E-state index >= 15 is 0 Å². The molecule has 0 saturated carbocycles. The Morgan fingerprint density at radius 1 is 0.821 bits per heavy atom. The van der Waals surface area contributed by atoms with E-state index in [1.54, 1.807) is 6.08 Å². The van der Waals surface area contributed by atoms with E-state index in [4.69, 9.17) is 4.74 Å². The van der Waals surface area contributed by atoms with Gasteiger partial charge in [0.2, 0.25) is 5.91 Å². The fourth-order valence-electron chi connectivity index (χ4n) is 3.46. The molecule has 0 aliphatic heterocycles. The van der Waals surface area contributed by atoms with Crippen molar-refractivity contribution in [3.8, 4) is 11.1 Å². The number of esters is 1. The Kier molecular flexibility index (Phi) is 4.77. The Hall–Kier alpha value is -3.66. The first kappa shape index (κ1) is 17.7. The number of nitrogens with one attached hydrogen (secondary N) is 1. The molecule has 4 heteroatoms. The van der Waals surface area contributed by atoms with Crippen LogP contribution >= 0.6 is 0 Å². The number of fused-ring (bicyclic) bond motifs is 3. The van der Waals surface area contributed by atoms with Crippen molar-refractivity contribution in [1.82, 2.24) is 5.32 Å². The molecule has 0 saturated heterocycles. The van der Waals surface area contributed by atoms with Crippen LogP contribution in [0.2, 0.25) is 0 Å². The zero-order valence-corrected chi connectivity index (χ0v) is 15.4. The van der Waals surface area contributed by atoms with Crippen LogP contribution in [0.15, 0.2) is 84.6 Å². The zero-order chi connectivity index (χ0) is 19.5. The lowest BCUT2D eigenvalue weighted by atomic mass is 10.1. The summed E-state index contributed by atoms with van der Waals surface area (Å²) in [6.07, 6.45) is 1.11. The van der Waals surface area contributed by atoms with Crippen LogP contribution in [-0.4, -0.2) is 11.9 Å². The average molecular weight is 369 g/mol. The number of ether oxygens (including phenoxy) is 1. The molecule has 0 heterocycles. The topological polar surface area (TPSA) is 55.4 Å². The van der Waals surface area contributed by atoms with Crippen LogP contribution in [0.3, 0.4) is 0 Å². The number of benzene rings is 3. The van der Waals surface area contributed by atoms with Gasteiger partial charge in [0.1, 0.15) is 5.70 Å². The van der Waals surface area contributed by atoms with Crippen LogP contribution in [0.4, 0.5) is 0 Å². The molecule has 1 N–H and O–H groups in total. The maximum atomic E-state index is 13.0. The van der Waals surface area contributed by atoms with Crippen LogP contribution in [0.1, 0.15) is 29.7 Å². The van der Waals surface area contributed by atoms with Crippen LogP contribution in [0.5, 0.6) is 0 Å². The third-order valence-electron chi connectivity index (χ3n) is 4.64. The third-order valence-corrected chi connectivity index (χ3v) is 4.64. The van der Waals surface area contributed by atoms with Crippen molar-refractivity contribution < 1.29 is 14.3 Å². The first-order chi connectivity index (χ1) is 13.6. The van der Waals surface area contributed by atoms with Crippen LogP contribution in [0.25, 0.3) is 17.2 Å². The van der Waals surface area contributed by atoms with Crippen molar-refractivity contribution in [2.75, 3.05) is 0 Å². The Bertz CT molecular complexity index is 1020. The van der Waals surface area contributed by atoms with Crippen molar-refractivity contribution in [2.24, 2.45) is 0 Å². The molecule has 4 rings (SSSR count). The average Bonchev–Trinajstić information content (AvgIpc) is 3.02. The second-order valence-electron chi connectivity index (χ2n) is 6.61. The lowest BCUT2D eigenvalue weighted by Gasteiger charge is -2.16. The first-order valence-corrected chi connectivity index (χ1v) is 9.07. The van der Waals surface area contributed by atoms with Gasteiger partial charge in [0.25, 0.3) is 0 Å². The maximum Gasteiger partial charge on any atom is 0.355 e. The SMILES string of the molecule is CC(=O)N/C(=C\c1ccccc1)C(=O)OC1c2ccccc2-c2ccccc21. The minimum Gasteiger partial charge on any atom is -0.448 e. The molecule has 1 aliphatic rings. The molecule has 0 atom stereocenters. The van der Waals surface area contributed by atoms with Gasteiger partial charge in [-0.05, 0) is 22.8 Å². The summed E-state index contributed by atoms with van der Waals surface area (Å²) in [6, 6.07) is 25.1. The number of amides is 1. The van der Waals surface area contributed by atoms with Crippen LogP contribution in [0, 0.1) is 0 Å². The number of hydrogen-bond acceptors (Lipinski definition) is 3. The van der Waals surface area contributed by atoms with Gasteiger partial charge in [0.15, 0.2) is 6.10 Å². The van der Waals surface area contributed by atoms with E-state index in [2.05, 4.69) is 5.32 Å². The van der Waals surface area contributed by atoms with Crippen molar-refractivity contribution >= 4 is 18.0 Å². The molecule has 0 aromatic heterocycles. The number of carbonyl (C=O) groups is 2. The van der Waals surface area contributed by atoms with Gasteiger partial charge in [-0.3, -0.25) is 4.79 Å². The predicted molar refractivity (Wildman–Crippen MR) is 108 cm³/mol. The molecule has 0 spiro atoms. The van der Waals surface area contributed by atoms with Gasteiger partial charge < -0.3 is 10.1 Å². The smallest absolute Gasteiger partial charge is 0.355 e. The van der Waals surface area contributed by atoms with Gasteiger partial charge in [-0.15, -0.1) is 0 Å². The third kappa shape index (κ3) is 3.45. The Balaban J connectivity index is 1.68. The maximum absolute atomic E-state index is 13.0. The summed E-state index contributed by atoms with van der Waals surface area (Å²) < 4.78 is 5.88. The largest absolute Gasteiger partial charge is 0.448 e. The fourth-order valence-corrected chi connectivity index (χ4v) is 3.46. The summed E-state index contributed by atoms with van der Waals surface area (Å²) >= 11 is 0. The second kappa shape index (κ2) is 7.53. The van der Waals surface area contributed by atoms with E-state index in [0.29, 0.717) is 0 Å². The van der Waals surface area contributed by atoms with Crippen molar-refractivity contribution in [3.05, 3.63) is 101 Å². The highest BCUT2D eigenvalue weighted by Gasteiger charge is 2.31. The van der Waals surface area contributed by atoms with Crippen LogP contribution in [-0.2, 0) is 14.3 Å². The second-order valence-corrected chi connectivity index (χ2v) is 6.61. The molecule has 0 radical (unpaired) electrons. The quantitative estimate of drug-likeness (QED) is 0.545. The van der Waals surface area contributed by atoms with E-state index in [9.17, 15) is 9.59 Å². The molecule has 138 valence electrons. The van der Waals surface area contributed by atoms with Crippen molar-refractivity contribution in [3.63, 3.8) is 0 Å². The molecular weight excluding hydrogens is 350 g/mol. The number of carbonyl (C=O) groups excluding carboxylic acids is 2. The van der Waals surface area contributed by atoms with E-state index in [0.717, 1.165) is 27.8 Å². The molecule has 1 aliphatic carbocycles. The molecule has 1 amide bonds. The van der Waals surface area contributed by atoms with Crippen molar-refractivity contribution in [1.29, 1.82) is 0 Å². The standard InChI is InChI=1S/C24H19NO3/c1-16(26)25-22(15-17-9-3-2-4-10-17)24(27)28-23-20-13-7-5-11-18(20)19-12-6-8-14-21(19)23/h2-15,23H,1H3,(H,25,26)/b22-15-. The summed E-state index contributed by atoms with van der Waals surface area (Å²) in [7, 11) is 0. The lowest BCUT2D eigenvalue weighted by molar-refractivity contribution is -0.143. The molecule has 0 bridgehead atoms. The van der Waals surface area contributed by atoms with Gasteiger partial charge >= 0.3 is 5.97 Å². The highest BCUT2D eigenvalue weighted by Crippen LogP contribution is 2.45. The van der Waals surface area contributed by atoms with Gasteiger partial charge in [-0.2, -0.15) is 0 Å². The van der Waals surface area contributed by atoms with Gasteiger partial charge in [-0.1, -0.05) is 78.9 Å². The van der Waals surface area contributed by atoms with E-state index in [1.165, 1.54) is 6.92 Å². The molecule has 3 aromatic rings. The first-order valence-electron chi connectivity index (χ1n) is 9.07. The summed E-state index contributed by atoms with van der Waals surface area (Å²) in [5, 5.41) is 2.60. The van der Waals surface area contributed by atoms with Gasteiger partial charge in [0.05, 0.1) is 0 Å².